The highest BCUT2D eigenvalue weighted by Crippen LogP contribution is 2.19. The molecule has 0 spiro atoms. The summed E-state index contributed by atoms with van der Waals surface area (Å²) in [6.45, 7) is 1.90. The second kappa shape index (κ2) is 6.91. The summed E-state index contributed by atoms with van der Waals surface area (Å²) in [5, 5.41) is 18.6. The Labute approximate surface area is 122 Å². The number of nitriles is 1. The van der Waals surface area contributed by atoms with Gasteiger partial charge >= 0.3 is 5.97 Å². The van der Waals surface area contributed by atoms with Crippen LogP contribution in [0.2, 0.25) is 0 Å². The molecule has 1 aromatic heterocycles. The van der Waals surface area contributed by atoms with Gasteiger partial charge in [-0.2, -0.15) is 10.4 Å². The van der Waals surface area contributed by atoms with Crippen molar-refractivity contribution in [3.05, 3.63) is 48.2 Å². The largest absolute Gasteiger partial charge is 0.462 e. The minimum atomic E-state index is -0.661. The molecular weight excluding hydrogens is 268 g/mol. The average Bonchev–Trinajstić information content (AvgIpc) is 2.98. The fourth-order valence-corrected chi connectivity index (χ4v) is 1.65. The normalized spacial score (nSPS) is 10.8. The van der Waals surface area contributed by atoms with Gasteiger partial charge in [-0.15, -0.1) is 0 Å². The molecule has 0 aliphatic carbocycles. The van der Waals surface area contributed by atoms with Crippen LogP contribution in [0, 0.1) is 11.3 Å². The number of nitrogens with zero attached hydrogens (tertiary/aromatic N) is 2. The molecule has 0 unspecified atom stereocenters. The van der Waals surface area contributed by atoms with E-state index in [0.717, 1.165) is 11.3 Å². The maximum absolute atomic E-state index is 11.4. The number of ether oxygens (including phenoxy) is 1. The molecule has 0 aliphatic rings. The molecular formula is C15H14N4O2. The summed E-state index contributed by atoms with van der Waals surface area (Å²) >= 11 is 0. The Kier molecular flexibility index (Phi) is 4.72. The predicted molar refractivity (Wildman–Crippen MR) is 78.0 cm³/mol. The van der Waals surface area contributed by atoms with Crippen LogP contribution in [0.15, 0.2) is 48.2 Å². The van der Waals surface area contributed by atoms with Crippen molar-refractivity contribution >= 4 is 11.8 Å². The quantitative estimate of drug-likeness (QED) is 0.499. The average molecular weight is 282 g/mol. The van der Waals surface area contributed by atoms with E-state index in [4.69, 9.17) is 10.00 Å². The number of rotatable bonds is 5. The third-order valence-electron chi connectivity index (χ3n) is 2.64. The van der Waals surface area contributed by atoms with Crippen LogP contribution in [0.3, 0.4) is 0 Å². The molecule has 1 aromatic carbocycles. The molecule has 6 nitrogen and oxygen atoms in total. The van der Waals surface area contributed by atoms with E-state index in [1.54, 1.807) is 19.1 Å². The lowest BCUT2D eigenvalue weighted by Crippen LogP contribution is -2.07. The molecule has 2 N–H and O–H groups in total. The lowest BCUT2D eigenvalue weighted by Gasteiger charge is -1.99. The third kappa shape index (κ3) is 3.70. The molecule has 0 saturated heterocycles. The van der Waals surface area contributed by atoms with Crippen LogP contribution < -0.4 is 5.32 Å². The van der Waals surface area contributed by atoms with Crippen molar-refractivity contribution in [2.45, 2.75) is 6.92 Å². The number of esters is 1. The molecule has 0 saturated carbocycles. The number of carbonyl (C=O) groups excluding carboxylic acids is 1. The van der Waals surface area contributed by atoms with Crippen LogP contribution in [0.4, 0.5) is 5.82 Å². The SMILES string of the molecule is CCOC(=O)/C(C#N)=C/Nc1cc(-c2ccccc2)[nH]n1. The molecule has 0 bridgehead atoms. The summed E-state index contributed by atoms with van der Waals surface area (Å²) in [5.41, 5.74) is 1.72. The number of aromatic amines is 1. The second-order valence-electron chi connectivity index (χ2n) is 4.07. The summed E-state index contributed by atoms with van der Waals surface area (Å²) in [4.78, 5) is 11.4. The maximum atomic E-state index is 11.4. The highest BCUT2D eigenvalue weighted by molar-refractivity contribution is 5.93. The highest BCUT2D eigenvalue weighted by Gasteiger charge is 2.09. The van der Waals surface area contributed by atoms with Gasteiger partial charge in [0.2, 0.25) is 0 Å². The van der Waals surface area contributed by atoms with Gasteiger partial charge in [0.05, 0.1) is 12.3 Å². The number of hydrogen-bond donors (Lipinski definition) is 2. The standard InChI is InChI=1S/C15H14N4O2/c1-2-21-15(20)12(9-16)10-17-14-8-13(18-19-14)11-6-4-3-5-7-11/h3-8,10H,2H2,1H3,(H2,17,18,19)/b12-10+. The fraction of sp³-hybridized carbons (Fsp3) is 0.133. The number of benzene rings is 1. The number of nitrogens with one attached hydrogen (secondary N) is 2. The monoisotopic (exact) mass is 282 g/mol. The maximum Gasteiger partial charge on any atom is 0.350 e. The molecule has 0 amide bonds. The van der Waals surface area contributed by atoms with Gasteiger partial charge in [-0.05, 0) is 12.5 Å². The van der Waals surface area contributed by atoms with Gasteiger partial charge in [-0.25, -0.2) is 4.79 Å². The number of carbonyl (C=O) groups is 1. The summed E-state index contributed by atoms with van der Waals surface area (Å²) in [6, 6.07) is 13.3. The van der Waals surface area contributed by atoms with Crippen molar-refractivity contribution in [2.24, 2.45) is 0 Å². The van der Waals surface area contributed by atoms with E-state index >= 15 is 0 Å². The van der Waals surface area contributed by atoms with Crippen molar-refractivity contribution in [3.63, 3.8) is 0 Å². The number of hydrogen-bond acceptors (Lipinski definition) is 5. The van der Waals surface area contributed by atoms with E-state index in [9.17, 15) is 4.79 Å². The number of H-pyrrole nitrogens is 1. The molecule has 6 heteroatoms. The van der Waals surface area contributed by atoms with Gasteiger partial charge in [-0.3, -0.25) is 5.10 Å². The van der Waals surface area contributed by atoms with E-state index in [1.807, 2.05) is 30.3 Å². The number of anilines is 1. The van der Waals surface area contributed by atoms with Crippen molar-refractivity contribution < 1.29 is 9.53 Å². The molecule has 1 heterocycles. The third-order valence-corrected chi connectivity index (χ3v) is 2.64. The van der Waals surface area contributed by atoms with Gasteiger partial charge in [-0.1, -0.05) is 30.3 Å². The summed E-state index contributed by atoms with van der Waals surface area (Å²) in [5.74, 6) is -0.155. The predicted octanol–water partition coefficient (Wildman–Crippen LogP) is 2.46. The van der Waals surface area contributed by atoms with Crippen molar-refractivity contribution in [1.82, 2.24) is 10.2 Å². The molecule has 106 valence electrons. The van der Waals surface area contributed by atoms with Crippen molar-refractivity contribution in [2.75, 3.05) is 11.9 Å². The lowest BCUT2D eigenvalue weighted by atomic mass is 10.2. The van der Waals surface area contributed by atoms with E-state index in [0.29, 0.717) is 5.82 Å². The second-order valence-corrected chi connectivity index (χ2v) is 4.07. The molecule has 0 fully saturated rings. The number of aromatic nitrogens is 2. The smallest absolute Gasteiger partial charge is 0.350 e. The minimum absolute atomic E-state index is 0.110. The first-order valence-corrected chi connectivity index (χ1v) is 6.39. The Morgan fingerprint density at radius 1 is 1.48 bits per heavy atom. The highest BCUT2D eigenvalue weighted by atomic mass is 16.5. The van der Waals surface area contributed by atoms with E-state index < -0.39 is 5.97 Å². The van der Waals surface area contributed by atoms with Gasteiger partial charge in [0.25, 0.3) is 0 Å². The molecule has 0 radical (unpaired) electrons. The first kappa shape index (κ1) is 14.3. The first-order valence-electron chi connectivity index (χ1n) is 6.39. The zero-order valence-corrected chi connectivity index (χ0v) is 11.5. The topological polar surface area (TPSA) is 90.8 Å². The Morgan fingerprint density at radius 3 is 2.90 bits per heavy atom. The minimum Gasteiger partial charge on any atom is -0.462 e. The van der Waals surface area contributed by atoms with Crippen molar-refractivity contribution in [1.29, 1.82) is 5.26 Å². The molecule has 2 rings (SSSR count). The van der Waals surface area contributed by atoms with Crippen LogP contribution in [0.1, 0.15) is 6.92 Å². The Morgan fingerprint density at radius 2 is 2.24 bits per heavy atom. The van der Waals surface area contributed by atoms with E-state index in [1.165, 1.54) is 6.20 Å². The zero-order valence-electron chi connectivity index (χ0n) is 11.5. The lowest BCUT2D eigenvalue weighted by molar-refractivity contribution is -0.138. The van der Waals surface area contributed by atoms with Crippen LogP contribution in [-0.2, 0) is 9.53 Å². The van der Waals surface area contributed by atoms with Crippen LogP contribution in [0.25, 0.3) is 11.3 Å². The van der Waals surface area contributed by atoms with E-state index in [-0.39, 0.29) is 12.2 Å². The van der Waals surface area contributed by atoms with Gasteiger partial charge in [0.15, 0.2) is 11.4 Å². The fourth-order valence-electron chi connectivity index (χ4n) is 1.65. The molecule has 2 aromatic rings. The Bertz CT molecular complexity index is 683. The summed E-state index contributed by atoms with van der Waals surface area (Å²) in [6.07, 6.45) is 1.28. The molecule has 21 heavy (non-hydrogen) atoms. The van der Waals surface area contributed by atoms with Crippen molar-refractivity contribution in [3.8, 4) is 17.3 Å². The summed E-state index contributed by atoms with van der Waals surface area (Å²) < 4.78 is 4.76. The van der Waals surface area contributed by atoms with Gasteiger partial charge in [0.1, 0.15) is 6.07 Å². The van der Waals surface area contributed by atoms with Gasteiger partial charge in [0, 0.05) is 12.3 Å². The van der Waals surface area contributed by atoms with Crippen LogP contribution >= 0.6 is 0 Å². The summed E-state index contributed by atoms with van der Waals surface area (Å²) in [7, 11) is 0. The van der Waals surface area contributed by atoms with Crippen LogP contribution in [0.5, 0.6) is 0 Å². The Balaban J connectivity index is 2.09. The Hall–Kier alpha value is -3.07. The zero-order chi connectivity index (χ0) is 15.1. The van der Waals surface area contributed by atoms with E-state index in [2.05, 4.69) is 15.5 Å². The first-order chi connectivity index (χ1) is 10.2. The molecule has 0 atom stereocenters. The molecule has 0 aliphatic heterocycles. The van der Waals surface area contributed by atoms with Gasteiger partial charge < -0.3 is 10.1 Å². The van der Waals surface area contributed by atoms with Crippen LogP contribution in [-0.4, -0.2) is 22.8 Å².